The second-order valence-electron chi connectivity index (χ2n) is 7.67. The van der Waals surface area contributed by atoms with Gasteiger partial charge in [-0.25, -0.2) is 9.38 Å². The van der Waals surface area contributed by atoms with Gasteiger partial charge in [0.05, 0.1) is 17.5 Å². The van der Waals surface area contributed by atoms with Crippen LogP contribution in [0.4, 0.5) is 10.1 Å². The molecule has 3 aromatic carbocycles. The van der Waals surface area contributed by atoms with Crippen LogP contribution in [-0.4, -0.2) is 33.7 Å². The summed E-state index contributed by atoms with van der Waals surface area (Å²) < 4.78 is 13.3. The minimum atomic E-state index is -0.555. The van der Waals surface area contributed by atoms with E-state index in [-0.39, 0.29) is 30.6 Å². The lowest BCUT2D eigenvalue weighted by Gasteiger charge is -2.32. The second-order valence-corrected chi connectivity index (χ2v) is 8.84. The maximum atomic E-state index is 13.3. The Morgan fingerprint density at radius 3 is 2.33 bits per heavy atom. The van der Waals surface area contributed by atoms with Crippen molar-refractivity contribution in [1.29, 1.82) is 0 Å². The van der Waals surface area contributed by atoms with Crippen molar-refractivity contribution < 1.29 is 14.0 Å². The van der Waals surface area contributed by atoms with Gasteiger partial charge in [-0.15, -0.1) is 0 Å². The molecule has 0 spiro atoms. The molecule has 0 bridgehead atoms. The smallest absolute Gasteiger partial charge is 0.234 e. The first-order valence-corrected chi connectivity index (χ1v) is 11.6. The van der Waals surface area contributed by atoms with E-state index in [0.29, 0.717) is 17.4 Å². The summed E-state index contributed by atoms with van der Waals surface area (Å²) in [5.41, 5.74) is 2.63. The molecule has 0 radical (unpaired) electrons. The largest absolute Gasteiger partial charge is 0.355 e. The highest BCUT2D eigenvalue weighted by Gasteiger charge is 2.35. The molecule has 1 saturated heterocycles. The van der Waals surface area contributed by atoms with E-state index >= 15 is 0 Å². The number of carbonyl (C=O) groups is 2. The van der Waals surface area contributed by atoms with Crippen molar-refractivity contribution >= 4 is 34.4 Å². The minimum Gasteiger partial charge on any atom is -0.355 e. The predicted molar refractivity (Wildman–Crippen MR) is 130 cm³/mol. The maximum Gasteiger partial charge on any atom is 0.234 e. The van der Waals surface area contributed by atoms with Crippen LogP contribution >= 0.6 is 11.8 Å². The lowest BCUT2D eigenvalue weighted by atomic mass is 10.1. The highest BCUT2D eigenvalue weighted by atomic mass is 32.2. The van der Waals surface area contributed by atoms with Crippen molar-refractivity contribution in [2.24, 2.45) is 4.99 Å². The number of aliphatic imine (C=N–C) groups is 1. The Bertz CT molecular complexity index is 1120. The van der Waals surface area contributed by atoms with Crippen molar-refractivity contribution in [2.45, 2.75) is 24.6 Å². The van der Waals surface area contributed by atoms with E-state index in [1.807, 2.05) is 60.7 Å². The fourth-order valence-electron chi connectivity index (χ4n) is 3.47. The molecule has 1 aliphatic rings. The third-order valence-corrected chi connectivity index (χ3v) is 6.41. The monoisotopic (exact) mass is 461 g/mol. The van der Waals surface area contributed by atoms with E-state index in [9.17, 15) is 14.0 Å². The average molecular weight is 462 g/mol. The molecular weight excluding hydrogens is 437 g/mol. The van der Waals surface area contributed by atoms with E-state index < -0.39 is 5.25 Å². The van der Waals surface area contributed by atoms with Gasteiger partial charge in [0.25, 0.3) is 0 Å². The zero-order chi connectivity index (χ0) is 23.0. The Labute approximate surface area is 196 Å². The summed E-state index contributed by atoms with van der Waals surface area (Å²) in [5, 5.41) is 2.86. The van der Waals surface area contributed by atoms with Crippen LogP contribution in [0.5, 0.6) is 0 Å². The summed E-state index contributed by atoms with van der Waals surface area (Å²) in [6, 6.07) is 25.3. The SMILES string of the molecule is O=C(NCCc1ccccc1)C1CC(=O)N(Cc2ccc(F)cc2)C(=Nc2ccccc2)S1. The first-order valence-electron chi connectivity index (χ1n) is 10.8. The molecule has 2 amide bonds. The Kier molecular flexibility index (Phi) is 7.52. The molecule has 3 aromatic rings. The van der Waals surface area contributed by atoms with Crippen LogP contribution in [0.25, 0.3) is 0 Å². The maximum absolute atomic E-state index is 13.3. The van der Waals surface area contributed by atoms with Crippen molar-refractivity contribution in [3.63, 3.8) is 0 Å². The van der Waals surface area contributed by atoms with Gasteiger partial charge in [0.2, 0.25) is 11.8 Å². The van der Waals surface area contributed by atoms with E-state index in [4.69, 9.17) is 0 Å². The highest BCUT2D eigenvalue weighted by molar-refractivity contribution is 8.15. The van der Waals surface area contributed by atoms with Gasteiger partial charge in [0, 0.05) is 13.0 Å². The van der Waals surface area contributed by atoms with Crippen LogP contribution < -0.4 is 5.32 Å². The molecule has 1 fully saturated rings. The molecule has 7 heteroatoms. The zero-order valence-electron chi connectivity index (χ0n) is 18.0. The van der Waals surface area contributed by atoms with Crippen LogP contribution in [0, 0.1) is 5.82 Å². The number of nitrogens with zero attached hydrogens (tertiary/aromatic N) is 2. The van der Waals surface area contributed by atoms with E-state index in [1.165, 1.54) is 23.9 Å². The van der Waals surface area contributed by atoms with E-state index in [0.717, 1.165) is 17.5 Å². The third-order valence-electron chi connectivity index (χ3n) is 5.22. The van der Waals surface area contributed by atoms with Gasteiger partial charge in [-0.1, -0.05) is 72.4 Å². The average Bonchev–Trinajstić information content (AvgIpc) is 2.83. The fourth-order valence-corrected chi connectivity index (χ4v) is 4.59. The lowest BCUT2D eigenvalue weighted by molar-refractivity contribution is -0.130. The molecular formula is C26H24FN3O2S. The number of hydrogen-bond acceptors (Lipinski definition) is 4. The Balaban J connectivity index is 1.48. The zero-order valence-corrected chi connectivity index (χ0v) is 18.8. The summed E-state index contributed by atoms with van der Waals surface area (Å²) in [4.78, 5) is 32.1. The molecule has 1 N–H and O–H groups in total. The van der Waals surface area contributed by atoms with Crippen molar-refractivity contribution in [2.75, 3.05) is 6.54 Å². The van der Waals surface area contributed by atoms with Crippen LogP contribution in [-0.2, 0) is 22.6 Å². The summed E-state index contributed by atoms with van der Waals surface area (Å²) in [6.45, 7) is 0.763. The molecule has 1 atom stereocenters. The van der Waals surface area contributed by atoms with Gasteiger partial charge < -0.3 is 5.32 Å². The van der Waals surface area contributed by atoms with Gasteiger partial charge in [-0.3, -0.25) is 14.5 Å². The highest BCUT2D eigenvalue weighted by Crippen LogP contribution is 2.30. The standard InChI is InChI=1S/C26H24FN3O2S/c27-21-13-11-20(12-14-21)18-30-24(31)17-23(33-26(30)29-22-9-5-2-6-10-22)25(32)28-16-15-19-7-3-1-4-8-19/h1-14,23H,15-18H2,(H,28,32). The molecule has 1 unspecified atom stereocenters. The summed E-state index contributed by atoms with van der Waals surface area (Å²) in [5.74, 6) is -0.689. The summed E-state index contributed by atoms with van der Waals surface area (Å²) >= 11 is 1.28. The van der Waals surface area contributed by atoms with Gasteiger partial charge in [0.15, 0.2) is 5.17 Å². The third kappa shape index (κ3) is 6.29. The number of amides is 2. The van der Waals surface area contributed by atoms with Crippen molar-refractivity contribution in [3.05, 3.63) is 102 Å². The molecule has 0 aliphatic carbocycles. The molecule has 4 rings (SSSR count). The molecule has 0 saturated carbocycles. The summed E-state index contributed by atoms with van der Waals surface area (Å²) in [7, 11) is 0. The van der Waals surface area contributed by atoms with Crippen molar-refractivity contribution in [1.82, 2.24) is 10.2 Å². The second kappa shape index (κ2) is 10.9. The quantitative estimate of drug-likeness (QED) is 0.555. The number of nitrogens with one attached hydrogen (secondary N) is 1. The molecule has 5 nitrogen and oxygen atoms in total. The predicted octanol–water partition coefficient (Wildman–Crippen LogP) is 4.71. The molecule has 1 aliphatic heterocycles. The number of thioether (sulfide) groups is 1. The van der Waals surface area contributed by atoms with E-state index in [2.05, 4.69) is 10.3 Å². The molecule has 0 aromatic heterocycles. The van der Waals surface area contributed by atoms with Gasteiger partial charge in [-0.05, 0) is 41.8 Å². The number of para-hydroxylation sites is 1. The lowest BCUT2D eigenvalue weighted by Crippen LogP contribution is -2.46. The Morgan fingerprint density at radius 2 is 1.64 bits per heavy atom. The van der Waals surface area contributed by atoms with Gasteiger partial charge >= 0.3 is 0 Å². The number of carbonyl (C=O) groups excluding carboxylic acids is 2. The number of benzene rings is 3. The Hall–Kier alpha value is -3.45. The molecule has 33 heavy (non-hydrogen) atoms. The first kappa shape index (κ1) is 22.7. The number of halogens is 1. The topological polar surface area (TPSA) is 61.8 Å². The number of amidine groups is 1. The molecule has 168 valence electrons. The van der Waals surface area contributed by atoms with Crippen LogP contribution in [0.3, 0.4) is 0 Å². The fraction of sp³-hybridized carbons (Fsp3) is 0.192. The van der Waals surface area contributed by atoms with Crippen LogP contribution in [0.2, 0.25) is 0 Å². The normalized spacial score (nSPS) is 17.2. The Morgan fingerprint density at radius 1 is 0.970 bits per heavy atom. The van der Waals surface area contributed by atoms with Crippen molar-refractivity contribution in [3.8, 4) is 0 Å². The first-order chi connectivity index (χ1) is 16.1. The van der Waals surface area contributed by atoms with Gasteiger partial charge in [-0.2, -0.15) is 0 Å². The number of hydrogen-bond donors (Lipinski definition) is 1. The summed E-state index contributed by atoms with van der Waals surface area (Å²) in [6.07, 6.45) is 0.802. The van der Waals surface area contributed by atoms with Gasteiger partial charge in [0.1, 0.15) is 5.82 Å². The van der Waals surface area contributed by atoms with Crippen LogP contribution in [0.1, 0.15) is 17.5 Å². The number of rotatable bonds is 7. The minimum absolute atomic E-state index is 0.0802. The van der Waals surface area contributed by atoms with E-state index in [1.54, 1.807) is 17.0 Å². The molecule has 1 heterocycles. The van der Waals surface area contributed by atoms with Crippen LogP contribution in [0.15, 0.2) is 89.9 Å².